The summed E-state index contributed by atoms with van der Waals surface area (Å²) in [4.78, 5) is 13.4. The van der Waals surface area contributed by atoms with Gasteiger partial charge in [-0.2, -0.15) is 4.80 Å². The van der Waals surface area contributed by atoms with E-state index < -0.39 is 0 Å². The molecule has 3 aromatic heterocycles. The van der Waals surface area contributed by atoms with Crippen LogP contribution < -0.4 is 4.90 Å². The second-order valence-corrected chi connectivity index (χ2v) is 8.16. The minimum Gasteiger partial charge on any atom is -0.354 e. The lowest BCUT2D eigenvalue weighted by molar-refractivity contribution is 0.299. The van der Waals surface area contributed by atoms with Crippen LogP contribution in [0, 0.1) is 12.8 Å². The molecule has 4 heterocycles. The van der Waals surface area contributed by atoms with E-state index in [0.29, 0.717) is 23.8 Å². The Morgan fingerprint density at radius 3 is 2.58 bits per heavy atom. The molecule has 0 amide bonds. The molecule has 0 aromatic carbocycles. The molecule has 0 unspecified atom stereocenters. The average molecular weight is 356 g/mol. The Morgan fingerprint density at radius 1 is 1.15 bits per heavy atom. The molecule has 9 nitrogen and oxygen atoms in total. The Labute approximate surface area is 151 Å². The van der Waals surface area contributed by atoms with Crippen LogP contribution in [0.5, 0.6) is 0 Å². The van der Waals surface area contributed by atoms with E-state index >= 15 is 0 Å². The molecule has 1 aliphatic heterocycles. The predicted molar refractivity (Wildman–Crippen MR) is 95.9 cm³/mol. The van der Waals surface area contributed by atoms with Gasteiger partial charge in [0.1, 0.15) is 23.8 Å². The highest BCUT2D eigenvalue weighted by atomic mass is 16.6. The van der Waals surface area contributed by atoms with Gasteiger partial charge in [-0.05, 0) is 19.3 Å². The monoisotopic (exact) mass is 356 g/mol. The van der Waals surface area contributed by atoms with E-state index in [9.17, 15) is 0 Å². The van der Waals surface area contributed by atoms with Crippen LogP contribution in [0.15, 0.2) is 4.63 Å². The van der Waals surface area contributed by atoms with Crippen molar-refractivity contribution in [2.45, 2.75) is 53.0 Å². The quantitative estimate of drug-likeness (QED) is 0.703. The number of aryl methyl sites for hydroxylation is 1. The molecule has 0 aliphatic carbocycles. The van der Waals surface area contributed by atoms with Crippen molar-refractivity contribution < 1.29 is 4.63 Å². The van der Waals surface area contributed by atoms with Crippen molar-refractivity contribution in [2.24, 2.45) is 5.92 Å². The maximum Gasteiger partial charge on any atom is 0.207 e. The molecule has 9 heteroatoms. The lowest BCUT2D eigenvalue weighted by Crippen LogP contribution is -2.24. The molecule has 1 atom stereocenters. The molecule has 0 N–H and O–H groups in total. The van der Waals surface area contributed by atoms with E-state index in [4.69, 9.17) is 9.61 Å². The molecular weight excluding hydrogens is 332 g/mol. The number of aromatic nitrogens is 7. The number of hydrogen-bond acceptors (Lipinski definition) is 8. The fraction of sp³-hybridized carbons (Fsp3) is 0.647. The summed E-state index contributed by atoms with van der Waals surface area (Å²) >= 11 is 0. The molecule has 0 bridgehead atoms. The highest BCUT2D eigenvalue weighted by Crippen LogP contribution is 2.30. The second-order valence-electron chi connectivity index (χ2n) is 8.16. The van der Waals surface area contributed by atoms with Gasteiger partial charge in [0.15, 0.2) is 11.3 Å². The summed E-state index contributed by atoms with van der Waals surface area (Å²) in [7, 11) is 0. The lowest BCUT2D eigenvalue weighted by Gasteiger charge is -2.21. The van der Waals surface area contributed by atoms with Gasteiger partial charge in [-0.1, -0.05) is 38.0 Å². The van der Waals surface area contributed by atoms with Crippen molar-refractivity contribution in [3.63, 3.8) is 0 Å². The number of anilines is 1. The van der Waals surface area contributed by atoms with Crippen molar-refractivity contribution in [3.05, 3.63) is 17.2 Å². The van der Waals surface area contributed by atoms with E-state index in [1.807, 2.05) is 6.92 Å². The van der Waals surface area contributed by atoms with E-state index in [2.05, 4.69) is 58.1 Å². The summed E-state index contributed by atoms with van der Waals surface area (Å²) < 4.78 is 4.77. The first-order valence-electron chi connectivity index (χ1n) is 8.97. The van der Waals surface area contributed by atoms with Gasteiger partial charge in [-0.15, -0.1) is 10.2 Å². The van der Waals surface area contributed by atoms with Gasteiger partial charge in [-0.3, -0.25) is 0 Å². The molecule has 0 radical (unpaired) electrons. The van der Waals surface area contributed by atoms with Gasteiger partial charge < -0.3 is 4.90 Å². The zero-order valence-corrected chi connectivity index (χ0v) is 15.9. The predicted octanol–water partition coefficient (Wildman–Crippen LogP) is 2.10. The summed E-state index contributed by atoms with van der Waals surface area (Å²) in [6, 6.07) is 0. The van der Waals surface area contributed by atoms with Crippen LogP contribution in [0.3, 0.4) is 0 Å². The smallest absolute Gasteiger partial charge is 0.207 e. The van der Waals surface area contributed by atoms with Gasteiger partial charge in [0, 0.05) is 18.5 Å². The molecule has 4 rings (SSSR count). The van der Waals surface area contributed by atoms with E-state index in [1.54, 1.807) is 4.80 Å². The summed E-state index contributed by atoms with van der Waals surface area (Å²) in [5.41, 5.74) is 2.65. The van der Waals surface area contributed by atoms with Crippen LogP contribution in [-0.4, -0.2) is 48.4 Å². The minimum atomic E-state index is -0.162. The molecule has 3 aromatic rings. The zero-order valence-electron chi connectivity index (χ0n) is 15.9. The Hall–Kier alpha value is -2.58. The van der Waals surface area contributed by atoms with E-state index in [1.165, 1.54) is 0 Å². The highest BCUT2D eigenvalue weighted by Gasteiger charge is 2.28. The Bertz CT molecular complexity index is 938. The number of hydrogen-bond donors (Lipinski definition) is 0. The van der Waals surface area contributed by atoms with Crippen molar-refractivity contribution >= 4 is 17.0 Å². The third-order valence-electron chi connectivity index (χ3n) is 4.70. The normalized spacial score (nSPS) is 18.2. The van der Waals surface area contributed by atoms with Gasteiger partial charge in [-0.25, -0.2) is 14.6 Å². The van der Waals surface area contributed by atoms with Gasteiger partial charge in [0.05, 0.1) is 0 Å². The summed E-state index contributed by atoms with van der Waals surface area (Å²) in [6.45, 7) is 12.8. The maximum absolute atomic E-state index is 4.87. The Kier molecular flexibility index (Phi) is 3.89. The van der Waals surface area contributed by atoms with Gasteiger partial charge in [0.2, 0.25) is 5.65 Å². The van der Waals surface area contributed by atoms with Crippen LogP contribution in [0.4, 0.5) is 5.82 Å². The van der Waals surface area contributed by atoms with Crippen LogP contribution in [0.2, 0.25) is 0 Å². The summed E-state index contributed by atoms with van der Waals surface area (Å²) in [5.74, 6) is 2.31. The first kappa shape index (κ1) is 16.9. The Balaban J connectivity index is 1.80. The Morgan fingerprint density at radius 2 is 1.96 bits per heavy atom. The zero-order chi connectivity index (χ0) is 18.5. The highest BCUT2D eigenvalue weighted by molar-refractivity contribution is 5.82. The average Bonchev–Trinajstić information content (AvgIpc) is 3.26. The van der Waals surface area contributed by atoms with Crippen molar-refractivity contribution in [2.75, 3.05) is 18.0 Å². The molecule has 1 fully saturated rings. The molecule has 0 saturated carbocycles. The standard InChI is InChI=1S/C17H24N8O/c1-10-6-7-24(8-10)15-13-14(18-16(19-15)17(3,4)5)21-25(20-13)9-12-11(2)22-26-23-12/h10H,6-9H2,1-5H3/t10-/m1/s1. The molecule has 0 spiro atoms. The third-order valence-corrected chi connectivity index (χ3v) is 4.70. The largest absolute Gasteiger partial charge is 0.354 e. The fourth-order valence-corrected chi connectivity index (χ4v) is 3.12. The lowest BCUT2D eigenvalue weighted by atomic mass is 9.96. The van der Waals surface area contributed by atoms with Crippen LogP contribution >= 0.6 is 0 Å². The van der Waals surface area contributed by atoms with E-state index in [0.717, 1.165) is 42.4 Å². The number of rotatable bonds is 3. The molecule has 138 valence electrons. The van der Waals surface area contributed by atoms with Crippen molar-refractivity contribution in [1.29, 1.82) is 0 Å². The van der Waals surface area contributed by atoms with Gasteiger partial charge >= 0.3 is 0 Å². The maximum atomic E-state index is 4.87. The third kappa shape index (κ3) is 3.02. The number of nitrogens with zero attached hydrogens (tertiary/aromatic N) is 8. The molecular formula is C17H24N8O. The molecule has 1 aliphatic rings. The SMILES string of the molecule is Cc1nonc1Cn1nc2nc(C(C)(C)C)nc(N3CC[C@@H](C)C3)c2n1. The summed E-state index contributed by atoms with van der Waals surface area (Å²) in [5, 5.41) is 16.9. The molecule has 1 saturated heterocycles. The van der Waals surface area contributed by atoms with Crippen molar-refractivity contribution in [1.82, 2.24) is 35.3 Å². The van der Waals surface area contributed by atoms with Gasteiger partial charge in [0.25, 0.3) is 0 Å². The van der Waals surface area contributed by atoms with Crippen molar-refractivity contribution in [3.8, 4) is 0 Å². The number of fused-ring (bicyclic) bond motifs is 1. The fourth-order valence-electron chi connectivity index (χ4n) is 3.12. The summed E-state index contributed by atoms with van der Waals surface area (Å²) in [6.07, 6.45) is 1.16. The first-order chi connectivity index (χ1) is 12.3. The van der Waals surface area contributed by atoms with Crippen LogP contribution in [0.25, 0.3) is 11.2 Å². The molecule has 26 heavy (non-hydrogen) atoms. The van der Waals surface area contributed by atoms with E-state index in [-0.39, 0.29) is 5.41 Å². The van der Waals surface area contributed by atoms with Crippen LogP contribution in [-0.2, 0) is 12.0 Å². The minimum absolute atomic E-state index is 0.162. The first-order valence-corrected chi connectivity index (χ1v) is 8.97. The topological polar surface area (TPSA) is 98.6 Å². The second kappa shape index (κ2) is 6.00. The van der Waals surface area contributed by atoms with Crippen LogP contribution in [0.1, 0.15) is 51.3 Å².